The second-order valence-corrected chi connectivity index (χ2v) is 4.66. The van der Waals surface area contributed by atoms with Gasteiger partial charge in [-0.15, -0.1) is 0 Å². The van der Waals surface area contributed by atoms with Gasteiger partial charge in [-0.25, -0.2) is 0 Å². The van der Waals surface area contributed by atoms with E-state index in [1.165, 1.54) is 0 Å². The van der Waals surface area contributed by atoms with Crippen molar-refractivity contribution in [2.24, 2.45) is 0 Å². The molecule has 1 rings (SSSR count). The van der Waals surface area contributed by atoms with Crippen LogP contribution in [0.1, 0.15) is 19.8 Å². The number of rotatable bonds is 9. The van der Waals surface area contributed by atoms with Crippen molar-refractivity contribution >= 4 is 11.6 Å². The number of hydrogen-bond acceptors (Lipinski definition) is 3. The van der Waals surface area contributed by atoms with Crippen molar-refractivity contribution in [3.05, 3.63) is 29.3 Å². The van der Waals surface area contributed by atoms with Crippen LogP contribution >= 0.6 is 11.6 Å². The highest BCUT2D eigenvalue weighted by atomic mass is 35.5. The van der Waals surface area contributed by atoms with Crippen LogP contribution in [0.5, 0.6) is 5.75 Å². The minimum absolute atomic E-state index is 0.220. The van der Waals surface area contributed by atoms with E-state index in [4.69, 9.17) is 21.4 Å². The van der Waals surface area contributed by atoms with E-state index in [2.05, 4.69) is 11.8 Å². The Morgan fingerprint density at radius 3 is 2.50 bits per heavy atom. The van der Waals surface area contributed by atoms with Crippen LogP contribution in [0.15, 0.2) is 24.3 Å². The molecule has 0 saturated heterocycles. The quantitative estimate of drug-likeness (QED) is 0.701. The molecule has 0 aliphatic heterocycles. The number of nitrogens with zero attached hydrogens (tertiary/aromatic N) is 1. The Labute approximate surface area is 114 Å². The van der Waals surface area contributed by atoms with Gasteiger partial charge < -0.3 is 14.7 Å². The van der Waals surface area contributed by atoms with Gasteiger partial charge in [0.05, 0.1) is 13.2 Å². The van der Waals surface area contributed by atoms with Crippen molar-refractivity contribution in [1.82, 2.24) is 4.90 Å². The third-order valence-electron chi connectivity index (χ3n) is 2.66. The van der Waals surface area contributed by atoms with Crippen LogP contribution in [-0.2, 0) is 0 Å². The SMILES string of the molecule is CCCN(CCO)CCCOc1ccc(Cl)cc1. The summed E-state index contributed by atoms with van der Waals surface area (Å²) < 4.78 is 5.62. The van der Waals surface area contributed by atoms with Crippen LogP contribution in [0.2, 0.25) is 5.02 Å². The highest BCUT2D eigenvalue weighted by molar-refractivity contribution is 6.30. The summed E-state index contributed by atoms with van der Waals surface area (Å²) in [6.45, 7) is 5.79. The molecule has 0 atom stereocenters. The Morgan fingerprint density at radius 1 is 1.17 bits per heavy atom. The molecule has 0 bridgehead atoms. The molecular weight excluding hydrogens is 250 g/mol. The topological polar surface area (TPSA) is 32.7 Å². The molecule has 0 heterocycles. The lowest BCUT2D eigenvalue weighted by Crippen LogP contribution is -2.29. The fraction of sp³-hybridized carbons (Fsp3) is 0.571. The molecule has 0 aromatic heterocycles. The number of hydrogen-bond donors (Lipinski definition) is 1. The summed E-state index contributed by atoms with van der Waals surface area (Å²) in [6.07, 6.45) is 2.07. The monoisotopic (exact) mass is 271 g/mol. The van der Waals surface area contributed by atoms with Crippen LogP contribution in [0.3, 0.4) is 0 Å². The first-order valence-electron chi connectivity index (χ1n) is 6.48. The smallest absolute Gasteiger partial charge is 0.119 e. The van der Waals surface area contributed by atoms with E-state index >= 15 is 0 Å². The number of aliphatic hydroxyl groups excluding tert-OH is 1. The summed E-state index contributed by atoms with van der Waals surface area (Å²) >= 11 is 5.80. The molecule has 3 nitrogen and oxygen atoms in total. The Hall–Kier alpha value is -0.770. The van der Waals surface area contributed by atoms with Crippen LogP contribution in [0, 0.1) is 0 Å². The molecule has 1 aromatic rings. The highest BCUT2D eigenvalue weighted by Crippen LogP contribution is 2.15. The lowest BCUT2D eigenvalue weighted by atomic mass is 10.3. The molecule has 0 radical (unpaired) electrons. The zero-order valence-corrected chi connectivity index (χ0v) is 11.7. The Bertz CT molecular complexity index is 310. The summed E-state index contributed by atoms with van der Waals surface area (Å²) in [7, 11) is 0. The highest BCUT2D eigenvalue weighted by Gasteiger charge is 2.02. The fourth-order valence-electron chi connectivity index (χ4n) is 1.80. The molecule has 1 N–H and O–H groups in total. The summed E-state index contributed by atoms with van der Waals surface area (Å²) in [5.41, 5.74) is 0. The first-order chi connectivity index (χ1) is 8.76. The Kier molecular flexibility index (Phi) is 7.81. The van der Waals surface area contributed by atoms with E-state index in [0.29, 0.717) is 6.61 Å². The maximum atomic E-state index is 8.94. The van der Waals surface area contributed by atoms with E-state index < -0.39 is 0 Å². The second-order valence-electron chi connectivity index (χ2n) is 4.22. The van der Waals surface area contributed by atoms with Crippen molar-refractivity contribution in [3.63, 3.8) is 0 Å². The number of ether oxygens (including phenoxy) is 1. The molecule has 102 valence electrons. The van der Waals surface area contributed by atoms with Crippen LogP contribution in [0.4, 0.5) is 0 Å². The van der Waals surface area contributed by atoms with E-state index in [1.807, 2.05) is 24.3 Å². The van der Waals surface area contributed by atoms with Gasteiger partial charge in [0.15, 0.2) is 0 Å². The Morgan fingerprint density at radius 2 is 1.89 bits per heavy atom. The zero-order chi connectivity index (χ0) is 13.2. The first-order valence-corrected chi connectivity index (χ1v) is 6.85. The largest absolute Gasteiger partial charge is 0.494 e. The minimum atomic E-state index is 0.220. The molecule has 0 spiro atoms. The van der Waals surface area contributed by atoms with Gasteiger partial charge in [-0.2, -0.15) is 0 Å². The molecule has 0 saturated carbocycles. The van der Waals surface area contributed by atoms with Gasteiger partial charge in [0.1, 0.15) is 5.75 Å². The lowest BCUT2D eigenvalue weighted by molar-refractivity contribution is 0.183. The molecule has 4 heteroatoms. The Balaban J connectivity index is 2.18. The fourth-order valence-corrected chi connectivity index (χ4v) is 1.93. The molecule has 0 amide bonds. The average molecular weight is 272 g/mol. The van der Waals surface area contributed by atoms with E-state index in [9.17, 15) is 0 Å². The van der Waals surface area contributed by atoms with Crippen molar-refractivity contribution in [1.29, 1.82) is 0 Å². The normalized spacial score (nSPS) is 10.9. The number of halogens is 1. The predicted octanol–water partition coefficient (Wildman–Crippen LogP) is 2.81. The van der Waals surface area contributed by atoms with Crippen LogP contribution in [0.25, 0.3) is 0 Å². The molecule has 0 aliphatic rings. The number of benzene rings is 1. The van der Waals surface area contributed by atoms with Crippen molar-refractivity contribution in [2.75, 3.05) is 32.8 Å². The van der Waals surface area contributed by atoms with Gasteiger partial charge >= 0.3 is 0 Å². The standard InChI is InChI=1S/C14H22ClNO2/c1-2-8-16(10-11-17)9-3-12-18-14-6-4-13(15)5-7-14/h4-7,17H,2-3,8-12H2,1H3. The zero-order valence-electron chi connectivity index (χ0n) is 10.9. The third kappa shape index (κ3) is 6.24. The third-order valence-corrected chi connectivity index (χ3v) is 2.91. The van der Waals surface area contributed by atoms with E-state index in [1.54, 1.807) is 0 Å². The average Bonchev–Trinajstić information content (AvgIpc) is 2.37. The van der Waals surface area contributed by atoms with Gasteiger partial charge in [-0.1, -0.05) is 18.5 Å². The lowest BCUT2D eigenvalue weighted by Gasteiger charge is -2.20. The van der Waals surface area contributed by atoms with Gasteiger partial charge in [0, 0.05) is 18.1 Å². The van der Waals surface area contributed by atoms with Crippen LogP contribution < -0.4 is 4.74 Å². The number of aliphatic hydroxyl groups is 1. The van der Waals surface area contributed by atoms with Crippen molar-refractivity contribution in [2.45, 2.75) is 19.8 Å². The molecule has 18 heavy (non-hydrogen) atoms. The van der Waals surface area contributed by atoms with Gasteiger partial charge in [0.2, 0.25) is 0 Å². The predicted molar refractivity (Wildman–Crippen MR) is 75.4 cm³/mol. The van der Waals surface area contributed by atoms with E-state index in [0.717, 1.165) is 43.2 Å². The van der Waals surface area contributed by atoms with Gasteiger partial charge in [-0.3, -0.25) is 0 Å². The summed E-state index contributed by atoms with van der Waals surface area (Å²) in [6, 6.07) is 7.40. The summed E-state index contributed by atoms with van der Waals surface area (Å²) in [5, 5.41) is 9.66. The van der Waals surface area contributed by atoms with Gasteiger partial charge in [0.25, 0.3) is 0 Å². The molecular formula is C14H22ClNO2. The van der Waals surface area contributed by atoms with Gasteiger partial charge in [-0.05, 0) is 43.7 Å². The summed E-state index contributed by atoms with van der Waals surface area (Å²) in [5.74, 6) is 0.851. The molecule has 0 unspecified atom stereocenters. The molecule has 0 aliphatic carbocycles. The molecule has 0 fully saturated rings. The van der Waals surface area contributed by atoms with Crippen molar-refractivity contribution in [3.8, 4) is 5.75 Å². The maximum absolute atomic E-state index is 8.94. The van der Waals surface area contributed by atoms with Crippen LogP contribution in [-0.4, -0.2) is 42.9 Å². The maximum Gasteiger partial charge on any atom is 0.119 e. The van der Waals surface area contributed by atoms with Crippen molar-refractivity contribution < 1.29 is 9.84 Å². The first kappa shape index (κ1) is 15.3. The minimum Gasteiger partial charge on any atom is -0.494 e. The second kappa shape index (κ2) is 9.20. The summed E-state index contributed by atoms with van der Waals surface area (Å²) in [4.78, 5) is 2.26. The van der Waals surface area contributed by atoms with E-state index in [-0.39, 0.29) is 6.61 Å². The molecule has 1 aromatic carbocycles.